The fourth-order valence-corrected chi connectivity index (χ4v) is 2.92. The van der Waals surface area contributed by atoms with Gasteiger partial charge in [0, 0.05) is 4.88 Å². The van der Waals surface area contributed by atoms with Crippen LogP contribution in [-0.4, -0.2) is 14.2 Å². The Hall–Kier alpha value is -1.56. The highest BCUT2D eigenvalue weighted by Gasteiger charge is 2.13. The molecule has 4 nitrogen and oxygen atoms in total. The third kappa shape index (κ3) is 3.30. The van der Waals surface area contributed by atoms with Gasteiger partial charge in [0.15, 0.2) is 11.5 Å². The molecule has 0 fully saturated rings. The van der Waals surface area contributed by atoms with Crippen LogP contribution in [0.1, 0.15) is 22.0 Å². The molecule has 2 aromatic rings. The molecule has 1 unspecified atom stereocenters. The van der Waals surface area contributed by atoms with Crippen LogP contribution in [0.3, 0.4) is 0 Å². The normalized spacial score (nSPS) is 12.2. The van der Waals surface area contributed by atoms with Crippen molar-refractivity contribution < 1.29 is 9.47 Å². The Labute approximate surface area is 123 Å². The molecule has 108 valence electrons. The van der Waals surface area contributed by atoms with Gasteiger partial charge in [-0.15, -0.1) is 11.3 Å². The molecule has 1 atom stereocenters. The molecule has 0 spiro atoms. The van der Waals surface area contributed by atoms with E-state index in [4.69, 9.17) is 15.3 Å². The Morgan fingerprint density at radius 2 is 1.95 bits per heavy atom. The SMILES string of the molecule is COc1ccc(CC(NN)c2csc(C)c2)cc1OC. The second-order valence-corrected chi connectivity index (χ2v) is 5.72. The van der Waals surface area contributed by atoms with Crippen molar-refractivity contribution in [2.24, 2.45) is 5.84 Å². The predicted octanol–water partition coefficient (Wildman–Crippen LogP) is 2.82. The smallest absolute Gasteiger partial charge is 0.160 e. The maximum atomic E-state index is 5.69. The maximum absolute atomic E-state index is 5.69. The Morgan fingerprint density at radius 3 is 2.50 bits per heavy atom. The fourth-order valence-electron chi connectivity index (χ4n) is 2.16. The molecule has 0 saturated heterocycles. The van der Waals surface area contributed by atoms with E-state index in [2.05, 4.69) is 23.8 Å². The third-order valence-electron chi connectivity index (χ3n) is 3.24. The van der Waals surface area contributed by atoms with E-state index in [0.717, 1.165) is 23.5 Å². The molecule has 0 aliphatic heterocycles. The molecule has 1 aromatic heterocycles. The van der Waals surface area contributed by atoms with Gasteiger partial charge in [-0.25, -0.2) is 0 Å². The van der Waals surface area contributed by atoms with Crippen LogP contribution in [0.4, 0.5) is 0 Å². The minimum absolute atomic E-state index is 0.0954. The van der Waals surface area contributed by atoms with Gasteiger partial charge in [-0.3, -0.25) is 11.3 Å². The first-order chi connectivity index (χ1) is 9.67. The largest absolute Gasteiger partial charge is 0.493 e. The average molecular weight is 292 g/mol. The number of hydrogen-bond acceptors (Lipinski definition) is 5. The van der Waals surface area contributed by atoms with E-state index in [9.17, 15) is 0 Å². The summed E-state index contributed by atoms with van der Waals surface area (Å²) in [6.07, 6.45) is 0.799. The number of nitrogens with two attached hydrogens (primary N) is 1. The number of hydrazine groups is 1. The summed E-state index contributed by atoms with van der Waals surface area (Å²) >= 11 is 1.73. The molecule has 1 heterocycles. The summed E-state index contributed by atoms with van der Waals surface area (Å²) in [7, 11) is 3.28. The lowest BCUT2D eigenvalue weighted by molar-refractivity contribution is 0.354. The topological polar surface area (TPSA) is 56.5 Å². The molecule has 0 saturated carbocycles. The van der Waals surface area contributed by atoms with Gasteiger partial charge in [-0.2, -0.15) is 0 Å². The van der Waals surface area contributed by atoms with E-state index in [1.54, 1.807) is 25.6 Å². The molecule has 3 N–H and O–H groups in total. The molecule has 0 aliphatic rings. The Morgan fingerprint density at radius 1 is 1.20 bits per heavy atom. The van der Waals surface area contributed by atoms with Crippen LogP contribution in [0.5, 0.6) is 11.5 Å². The van der Waals surface area contributed by atoms with Crippen LogP contribution >= 0.6 is 11.3 Å². The second kappa shape index (κ2) is 6.74. The number of ether oxygens (including phenoxy) is 2. The van der Waals surface area contributed by atoms with Crippen molar-refractivity contribution in [1.29, 1.82) is 0 Å². The minimum Gasteiger partial charge on any atom is -0.493 e. The van der Waals surface area contributed by atoms with Crippen molar-refractivity contribution in [1.82, 2.24) is 5.43 Å². The lowest BCUT2D eigenvalue weighted by Crippen LogP contribution is -2.29. The van der Waals surface area contributed by atoms with Gasteiger partial charge in [-0.1, -0.05) is 6.07 Å². The predicted molar refractivity (Wildman–Crippen MR) is 82.4 cm³/mol. The zero-order valence-corrected chi connectivity index (χ0v) is 12.8. The van der Waals surface area contributed by atoms with E-state index in [-0.39, 0.29) is 6.04 Å². The Kier molecular flexibility index (Phi) is 5.00. The van der Waals surface area contributed by atoms with E-state index < -0.39 is 0 Å². The molecule has 2 rings (SSSR count). The van der Waals surface area contributed by atoms with Crippen LogP contribution in [0.25, 0.3) is 0 Å². The van der Waals surface area contributed by atoms with Gasteiger partial charge in [-0.05, 0) is 48.1 Å². The van der Waals surface area contributed by atoms with Crippen LogP contribution in [0.15, 0.2) is 29.6 Å². The summed E-state index contributed by atoms with van der Waals surface area (Å²) in [4.78, 5) is 1.28. The number of hydrogen-bond donors (Lipinski definition) is 2. The van der Waals surface area contributed by atoms with E-state index >= 15 is 0 Å². The molecule has 0 aliphatic carbocycles. The zero-order chi connectivity index (χ0) is 14.5. The van der Waals surface area contributed by atoms with Gasteiger partial charge in [0.1, 0.15) is 0 Å². The highest BCUT2D eigenvalue weighted by molar-refractivity contribution is 7.10. The first-order valence-electron chi connectivity index (χ1n) is 6.40. The average Bonchev–Trinajstić information content (AvgIpc) is 2.90. The van der Waals surface area contributed by atoms with Crippen molar-refractivity contribution in [3.05, 3.63) is 45.6 Å². The number of thiophene rings is 1. The summed E-state index contributed by atoms with van der Waals surface area (Å²) in [6.45, 7) is 2.10. The standard InChI is InChI=1S/C15H20N2O2S/c1-10-6-12(9-20-10)13(17-16)7-11-4-5-14(18-2)15(8-11)19-3/h4-6,8-9,13,17H,7,16H2,1-3H3. The molecule has 0 amide bonds. The number of aryl methyl sites for hydroxylation is 1. The quantitative estimate of drug-likeness (QED) is 0.635. The first-order valence-corrected chi connectivity index (χ1v) is 7.28. The summed E-state index contributed by atoms with van der Waals surface area (Å²) < 4.78 is 10.6. The number of rotatable bonds is 6. The highest BCUT2D eigenvalue weighted by Crippen LogP contribution is 2.30. The van der Waals surface area contributed by atoms with Crippen LogP contribution in [-0.2, 0) is 6.42 Å². The van der Waals surface area contributed by atoms with E-state index in [1.807, 2.05) is 18.2 Å². The second-order valence-electron chi connectivity index (χ2n) is 4.60. The lowest BCUT2D eigenvalue weighted by Gasteiger charge is -2.16. The van der Waals surface area contributed by atoms with Crippen LogP contribution in [0.2, 0.25) is 0 Å². The maximum Gasteiger partial charge on any atom is 0.160 e. The number of nitrogens with one attached hydrogen (secondary N) is 1. The first kappa shape index (κ1) is 14.8. The molecule has 0 bridgehead atoms. The summed E-state index contributed by atoms with van der Waals surface area (Å²) in [5.41, 5.74) is 5.24. The summed E-state index contributed by atoms with van der Waals surface area (Å²) in [5, 5.41) is 2.14. The van der Waals surface area contributed by atoms with E-state index in [1.165, 1.54) is 10.4 Å². The monoisotopic (exact) mass is 292 g/mol. The molecular formula is C15H20N2O2S. The van der Waals surface area contributed by atoms with Crippen molar-refractivity contribution in [3.8, 4) is 11.5 Å². The molecule has 5 heteroatoms. The highest BCUT2D eigenvalue weighted by atomic mass is 32.1. The summed E-state index contributed by atoms with van der Waals surface area (Å²) in [5.74, 6) is 7.16. The zero-order valence-electron chi connectivity index (χ0n) is 12.0. The number of benzene rings is 1. The molecule has 1 aromatic carbocycles. The van der Waals surface area contributed by atoms with Crippen molar-refractivity contribution in [2.45, 2.75) is 19.4 Å². The van der Waals surface area contributed by atoms with Crippen molar-refractivity contribution in [3.63, 3.8) is 0 Å². The fraction of sp³-hybridized carbons (Fsp3) is 0.333. The Balaban J connectivity index is 2.19. The minimum atomic E-state index is 0.0954. The number of methoxy groups -OCH3 is 2. The van der Waals surface area contributed by atoms with Gasteiger partial charge in [0.2, 0.25) is 0 Å². The third-order valence-corrected chi connectivity index (χ3v) is 4.12. The van der Waals surface area contributed by atoms with Crippen LogP contribution in [0, 0.1) is 6.92 Å². The van der Waals surface area contributed by atoms with E-state index in [0.29, 0.717) is 0 Å². The van der Waals surface area contributed by atoms with Crippen LogP contribution < -0.4 is 20.7 Å². The molecule has 20 heavy (non-hydrogen) atoms. The van der Waals surface area contributed by atoms with Gasteiger partial charge in [0.05, 0.1) is 20.3 Å². The molecular weight excluding hydrogens is 272 g/mol. The summed E-state index contributed by atoms with van der Waals surface area (Å²) in [6, 6.07) is 8.20. The lowest BCUT2D eigenvalue weighted by atomic mass is 10.0. The van der Waals surface area contributed by atoms with Crippen molar-refractivity contribution >= 4 is 11.3 Å². The van der Waals surface area contributed by atoms with Gasteiger partial charge < -0.3 is 9.47 Å². The molecule has 0 radical (unpaired) electrons. The van der Waals surface area contributed by atoms with Gasteiger partial charge >= 0.3 is 0 Å². The van der Waals surface area contributed by atoms with Gasteiger partial charge in [0.25, 0.3) is 0 Å². The van der Waals surface area contributed by atoms with Crippen molar-refractivity contribution in [2.75, 3.05) is 14.2 Å². The Bertz CT molecular complexity index is 569.